The van der Waals surface area contributed by atoms with Gasteiger partial charge in [0, 0.05) is 12.1 Å². The van der Waals surface area contributed by atoms with Gasteiger partial charge in [-0.1, -0.05) is 25.5 Å². The summed E-state index contributed by atoms with van der Waals surface area (Å²) in [5.41, 5.74) is 1.52. The minimum atomic E-state index is 0.141. The molecule has 0 aromatic heterocycles. The summed E-state index contributed by atoms with van der Waals surface area (Å²) in [6, 6.07) is 8.45. The lowest BCUT2D eigenvalue weighted by Crippen LogP contribution is -2.41. The molecule has 1 rings (SSSR count). The number of rotatable bonds is 6. The third-order valence-corrected chi connectivity index (χ3v) is 2.72. The molecule has 1 aromatic rings. The SMILES string of the molecule is CCCc1ccc(OC(C)CNC(C)(C)C)cc1. The summed E-state index contributed by atoms with van der Waals surface area (Å²) in [5.74, 6) is 0.957. The summed E-state index contributed by atoms with van der Waals surface area (Å²) in [7, 11) is 0. The Balaban J connectivity index is 2.41. The van der Waals surface area contributed by atoms with E-state index in [-0.39, 0.29) is 11.6 Å². The van der Waals surface area contributed by atoms with E-state index in [2.05, 4.69) is 64.2 Å². The summed E-state index contributed by atoms with van der Waals surface area (Å²) in [5, 5.41) is 3.45. The smallest absolute Gasteiger partial charge is 0.119 e. The molecule has 1 unspecified atom stereocenters. The Labute approximate surface area is 112 Å². The van der Waals surface area contributed by atoms with Crippen LogP contribution in [0.15, 0.2) is 24.3 Å². The highest BCUT2D eigenvalue weighted by atomic mass is 16.5. The van der Waals surface area contributed by atoms with Gasteiger partial charge in [-0.2, -0.15) is 0 Å². The van der Waals surface area contributed by atoms with Crippen molar-refractivity contribution in [1.29, 1.82) is 0 Å². The topological polar surface area (TPSA) is 21.3 Å². The quantitative estimate of drug-likeness (QED) is 0.828. The van der Waals surface area contributed by atoms with Gasteiger partial charge >= 0.3 is 0 Å². The molecule has 1 aromatic carbocycles. The molecule has 1 N–H and O–H groups in total. The Morgan fingerprint density at radius 2 is 1.78 bits per heavy atom. The van der Waals surface area contributed by atoms with Crippen molar-refractivity contribution in [1.82, 2.24) is 5.32 Å². The van der Waals surface area contributed by atoms with Crippen LogP contribution < -0.4 is 10.1 Å². The van der Waals surface area contributed by atoms with Crippen LogP contribution in [0.5, 0.6) is 5.75 Å². The highest BCUT2D eigenvalue weighted by Crippen LogP contribution is 2.15. The minimum Gasteiger partial charge on any atom is -0.489 e. The fourth-order valence-electron chi connectivity index (χ4n) is 1.75. The zero-order valence-corrected chi connectivity index (χ0v) is 12.4. The van der Waals surface area contributed by atoms with Crippen LogP contribution in [0.4, 0.5) is 0 Å². The Kier molecular flexibility index (Phi) is 5.67. The van der Waals surface area contributed by atoms with Gasteiger partial charge in [-0.05, 0) is 51.8 Å². The van der Waals surface area contributed by atoms with Gasteiger partial charge in [0.15, 0.2) is 0 Å². The molecule has 0 saturated heterocycles. The van der Waals surface area contributed by atoms with E-state index in [0.29, 0.717) is 0 Å². The van der Waals surface area contributed by atoms with E-state index < -0.39 is 0 Å². The maximum absolute atomic E-state index is 5.88. The molecule has 18 heavy (non-hydrogen) atoms. The average Bonchev–Trinajstić information content (AvgIpc) is 2.29. The molecule has 0 aliphatic rings. The molecule has 0 radical (unpaired) electrons. The van der Waals surface area contributed by atoms with Gasteiger partial charge in [-0.15, -0.1) is 0 Å². The molecule has 0 aliphatic heterocycles. The number of aryl methyl sites for hydroxylation is 1. The largest absolute Gasteiger partial charge is 0.489 e. The number of hydrogen-bond acceptors (Lipinski definition) is 2. The highest BCUT2D eigenvalue weighted by Gasteiger charge is 2.11. The van der Waals surface area contributed by atoms with Crippen LogP contribution >= 0.6 is 0 Å². The van der Waals surface area contributed by atoms with Crippen molar-refractivity contribution in [2.24, 2.45) is 0 Å². The Morgan fingerprint density at radius 1 is 1.17 bits per heavy atom. The second-order valence-corrected chi connectivity index (χ2v) is 5.95. The number of ether oxygens (including phenoxy) is 1. The summed E-state index contributed by atoms with van der Waals surface area (Å²) < 4.78 is 5.88. The molecule has 0 spiro atoms. The van der Waals surface area contributed by atoms with Crippen LogP contribution in [0.1, 0.15) is 46.6 Å². The van der Waals surface area contributed by atoms with E-state index in [1.165, 1.54) is 12.0 Å². The van der Waals surface area contributed by atoms with E-state index in [1.807, 2.05) is 0 Å². The van der Waals surface area contributed by atoms with Crippen LogP contribution in [0.25, 0.3) is 0 Å². The van der Waals surface area contributed by atoms with Crippen molar-refractivity contribution in [3.63, 3.8) is 0 Å². The van der Waals surface area contributed by atoms with Gasteiger partial charge in [0.25, 0.3) is 0 Å². The summed E-state index contributed by atoms with van der Waals surface area (Å²) >= 11 is 0. The van der Waals surface area contributed by atoms with E-state index in [0.717, 1.165) is 18.7 Å². The van der Waals surface area contributed by atoms with E-state index in [9.17, 15) is 0 Å². The highest BCUT2D eigenvalue weighted by molar-refractivity contribution is 5.27. The van der Waals surface area contributed by atoms with Gasteiger partial charge in [-0.3, -0.25) is 0 Å². The molecule has 1 atom stereocenters. The fourth-order valence-corrected chi connectivity index (χ4v) is 1.75. The zero-order valence-electron chi connectivity index (χ0n) is 12.4. The second-order valence-electron chi connectivity index (χ2n) is 5.95. The Hall–Kier alpha value is -1.02. The third kappa shape index (κ3) is 6.06. The van der Waals surface area contributed by atoms with Crippen molar-refractivity contribution in [3.05, 3.63) is 29.8 Å². The monoisotopic (exact) mass is 249 g/mol. The molecular weight excluding hydrogens is 222 g/mol. The summed E-state index contributed by atoms with van der Waals surface area (Å²) in [4.78, 5) is 0. The molecule has 2 heteroatoms. The third-order valence-electron chi connectivity index (χ3n) is 2.72. The number of nitrogens with one attached hydrogen (secondary N) is 1. The van der Waals surface area contributed by atoms with Gasteiger partial charge in [0.1, 0.15) is 11.9 Å². The standard InChI is InChI=1S/C16H27NO/c1-6-7-14-8-10-15(11-9-14)18-13(2)12-17-16(3,4)5/h8-11,13,17H,6-7,12H2,1-5H3. The van der Waals surface area contributed by atoms with Crippen LogP contribution in [0.3, 0.4) is 0 Å². The predicted octanol–water partition coefficient (Wildman–Crippen LogP) is 3.79. The van der Waals surface area contributed by atoms with Crippen LogP contribution in [-0.4, -0.2) is 18.2 Å². The molecule has 0 amide bonds. The zero-order chi connectivity index (χ0) is 13.6. The fraction of sp³-hybridized carbons (Fsp3) is 0.625. The van der Waals surface area contributed by atoms with Crippen molar-refractivity contribution in [2.75, 3.05) is 6.54 Å². The molecule has 0 heterocycles. The number of benzene rings is 1. The van der Waals surface area contributed by atoms with E-state index in [1.54, 1.807) is 0 Å². The minimum absolute atomic E-state index is 0.141. The van der Waals surface area contributed by atoms with Crippen LogP contribution in [0, 0.1) is 0 Å². The average molecular weight is 249 g/mol. The van der Waals surface area contributed by atoms with Gasteiger partial charge < -0.3 is 10.1 Å². The van der Waals surface area contributed by atoms with Gasteiger partial charge in [0.05, 0.1) is 0 Å². The van der Waals surface area contributed by atoms with Gasteiger partial charge in [-0.25, -0.2) is 0 Å². The first-order chi connectivity index (χ1) is 8.40. The van der Waals surface area contributed by atoms with Crippen molar-refractivity contribution < 1.29 is 4.74 Å². The second kappa shape index (κ2) is 6.79. The summed E-state index contributed by atoms with van der Waals surface area (Å²) in [6.45, 7) is 11.7. The molecule has 2 nitrogen and oxygen atoms in total. The number of hydrogen-bond donors (Lipinski definition) is 1. The maximum atomic E-state index is 5.88. The first-order valence-corrected chi connectivity index (χ1v) is 6.91. The first-order valence-electron chi connectivity index (χ1n) is 6.91. The molecule has 102 valence electrons. The predicted molar refractivity (Wildman–Crippen MR) is 78.3 cm³/mol. The lowest BCUT2D eigenvalue weighted by Gasteiger charge is -2.24. The summed E-state index contributed by atoms with van der Waals surface area (Å²) in [6.07, 6.45) is 2.51. The first kappa shape index (κ1) is 15.0. The van der Waals surface area contributed by atoms with Crippen molar-refractivity contribution in [2.45, 2.75) is 59.1 Å². The molecule has 0 saturated carbocycles. The van der Waals surface area contributed by atoms with E-state index in [4.69, 9.17) is 4.74 Å². The van der Waals surface area contributed by atoms with Gasteiger partial charge in [0.2, 0.25) is 0 Å². The van der Waals surface area contributed by atoms with Crippen LogP contribution in [0.2, 0.25) is 0 Å². The molecule has 0 fully saturated rings. The maximum Gasteiger partial charge on any atom is 0.119 e. The molecule has 0 aliphatic carbocycles. The normalized spacial score (nSPS) is 13.4. The lowest BCUT2D eigenvalue weighted by atomic mass is 10.1. The Morgan fingerprint density at radius 3 is 2.28 bits per heavy atom. The molecule has 0 bridgehead atoms. The molecular formula is C16H27NO. The van der Waals surface area contributed by atoms with Crippen LogP contribution in [-0.2, 0) is 6.42 Å². The van der Waals surface area contributed by atoms with Crippen molar-refractivity contribution >= 4 is 0 Å². The van der Waals surface area contributed by atoms with Crippen molar-refractivity contribution in [3.8, 4) is 5.75 Å². The Bertz CT molecular complexity index is 337. The van der Waals surface area contributed by atoms with E-state index >= 15 is 0 Å². The lowest BCUT2D eigenvalue weighted by molar-refractivity contribution is 0.203.